The molecule has 1 N–H and O–H groups in total. The molecule has 1 amide bonds. The van der Waals surface area contributed by atoms with Crippen molar-refractivity contribution < 1.29 is 19.0 Å². The van der Waals surface area contributed by atoms with Gasteiger partial charge >= 0.3 is 0 Å². The van der Waals surface area contributed by atoms with Gasteiger partial charge in [0.1, 0.15) is 11.5 Å². The third kappa shape index (κ3) is 4.67. The van der Waals surface area contributed by atoms with Crippen LogP contribution in [0.5, 0.6) is 5.75 Å². The first-order valence-electron chi connectivity index (χ1n) is 12.7. The van der Waals surface area contributed by atoms with E-state index in [1.807, 2.05) is 18.2 Å². The Morgan fingerprint density at radius 3 is 2.60 bits per heavy atom. The van der Waals surface area contributed by atoms with Gasteiger partial charge in [-0.25, -0.2) is 0 Å². The molecule has 0 unspecified atom stereocenters. The Balaban J connectivity index is 1.13. The van der Waals surface area contributed by atoms with Crippen molar-refractivity contribution in [1.82, 2.24) is 10.2 Å². The van der Waals surface area contributed by atoms with Crippen LogP contribution in [0.1, 0.15) is 60.9 Å². The van der Waals surface area contributed by atoms with Gasteiger partial charge < -0.3 is 19.5 Å². The standard InChI is InChI=1S/C28H31ClN2O4/c29-25-16-20(6-8-24(25)27(32)30-17-23-5-2-14-33-23)19-7-9-26-21(15-19)18-34-28(35-26)10-12-31(13-11-28)22-3-1-4-22/h6-9,15-17,22H,1-5,10-14,18H2,(H,30,32)/b23-17+. The predicted octanol–water partition coefficient (Wildman–Crippen LogP) is 5.64. The summed E-state index contributed by atoms with van der Waals surface area (Å²) in [5, 5.41) is 3.19. The Kier molecular flexibility index (Phi) is 6.21. The summed E-state index contributed by atoms with van der Waals surface area (Å²) < 4.78 is 18.2. The molecule has 0 aromatic heterocycles. The summed E-state index contributed by atoms with van der Waals surface area (Å²) in [6.07, 6.45) is 9.31. The molecule has 1 saturated carbocycles. The normalized spacial score (nSPS) is 22.8. The molecule has 4 aliphatic rings. The summed E-state index contributed by atoms with van der Waals surface area (Å²) in [6, 6.07) is 12.5. The summed E-state index contributed by atoms with van der Waals surface area (Å²) in [5.74, 6) is 0.966. The van der Waals surface area contributed by atoms with Crippen LogP contribution in [0.3, 0.4) is 0 Å². The lowest BCUT2D eigenvalue weighted by Crippen LogP contribution is -2.54. The summed E-state index contributed by atoms with van der Waals surface area (Å²) >= 11 is 6.49. The number of hydrogen-bond acceptors (Lipinski definition) is 5. The quantitative estimate of drug-likeness (QED) is 0.595. The largest absolute Gasteiger partial charge is 0.496 e. The van der Waals surface area contributed by atoms with Crippen molar-refractivity contribution in [3.05, 3.63) is 64.5 Å². The fraction of sp³-hybridized carbons (Fsp3) is 0.464. The van der Waals surface area contributed by atoms with E-state index in [0.717, 1.165) is 73.0 Å². The fourth-order valence-corrected chi connectivity index (χ4v) is 5.64. The van der Waals surface area contributed by atoms with E-state index in [1.165, 1.54) is 19.3 Å². The molecule has 6 rings (SSSR count). The number of nitrogens with one attached hydrogen (secondary N) is 1. The van der Waals surface area contributed by atoms with Gasteiger partial charge in [-0.05, 0) is 54.7 Å². The number of fused-ring (bicyclic) bond motifs is 1. The average Bonchev–Trinajstić information content (AvgIpc) is 3.36. The zero-order valence-corrected chi connectivity index (χ0v) is 20.6. The zero-order chi connectivity index (χ0) is 23.8. The molecule has 7 heteroatoms. The van der Waals surface area contributed by atoms with E-state index in [4.69, 9.17) is 25.8 Å². The number of allylic oxidation sites excluding steroid dienone is 1. The number of carbonyl (C=O) groups is 1. The lowest BCUT2D eigenvalue weighted by molar-refractivity contribution is -0.231. The van der Waals surface area contributed by atoms with E-state index in [-0.39, 0.29) is 5.91 Å². The number of hydrogen-bond donors (Lipinski definition) is 1. The maximum Gasteiger partial charge on any atom is 0.256 e. The first-order valence-corrected chi connectivity index (χ1v) is 13.1. The molecule has 2 saturated heterocycles. The van der Waals surface area contributed by atoms with E-state index in [1.54, 1.807) is 12.3 Å². The molecule has 0 bridgehead atoms. The highest BCUT2D eigenvalue weighted by molar-refractivity contribution is 6.34. The third-order valence-corrected chi connectivity index (χ3v) is 8.08. The molecule has 1 spiro atoms. The number of ether oxygens (including phenoxy) is 3. The minimum atomic E-state index is -0.494. The van der Waals surface area contributed by atoms with Crippen LogP contribution >= 0.6 is 11.6 Å². The summed E-state index contributed by atoms with van der Waals surface area (Å²) in [4.78, 5) is 15.2. The minimum Gasteiger partial charge on any atom is -0.496 e. The van der Waals surface area contributed by atoms with Crippen LogP contribution in [-0.2, 0) is 16.1 Å². The van der Waals surface area contributed by atoms with Gasteiger partial charge in [-0.15, -0.1) is 0 Å². The van der Waals surface area contributed by atoms with Crippen LogP contribution in [0, 0.1) is 0 Å². The second kappa shape index (κ2) is 9.49. The van der Waals surface area contributed by atoms with Gasteiger partial charge in [-0.1, -0.05) is 30.2 Å². The van der Waals surface area contributed by atoms with Gasteiger partial charge in [0, 0.05) is 50.2 Å². The molecule has 35 heavy (non-hydrogen) atoms. The van der Waals surface area contributed by atoms with Crippen molar-refractivity contribution in [2.75, 3.05) is 19.7 Å². The van der Waals surface area contributed by atoms with Crippen molar-refractivity contribution in [3.63, 3.8) is 0 Å². The Hall–Kier alpha value is -2.54. The molecular formula is C28H31ClN2O4. The Bertz CT molecular complexity index is 1140. The second-order valence-electron chi connectivity index (χ2n) is 9.98. The predicted molar refractivity (Wildman–Crippen MR) is 134 cm³/mol. The van der Waals surface area contributed by atoms with Crippen LogP contribution in [-0.4, -0.2) is 42.3 Å². The van der Waals surface area contributed by atoms with Crippen LogP contribution < -0.4 is 10.1 Å². The molecule has 6 nitrogen and oxygen atoms in total. The average molecular weight is 495 g/mol. The van der Waals surface area contributed by atoms with E-state index in [2.05, 4.69) is 22.3 Å². The fourth-order valence-electron chi connectivity index (χ4n) is 5.38. The summed E-state index contributed by atoms with van der Waals surface area (Å²) in [5.41, 5.74) is 3.43. The Labute approximate surface area is 211 Å². The molecule has 3 heterocycles. The SMILES string of the molecule is O=C(N/C=C1\CCCO1)c1ccc(-c2ccc3c(c2)COC2(CCN(C4CCC4)CC2)O3)cc1Cl. The van der Waals surface area contributed by atoms with Crippen molar-refractivity contribution in [2.45, 2.75) is 63.4 Å². The molecule has 2 aromatic rings. The molecule has 1 aliphatic carbocycles. The first-order chi connectivity index (χ1) is 17.1. The Morgan fingerprint density at radius 2 is 1.89 bits per heavy atom. The van der Waals surface area contributed by atoms with Crippen LogP contribution in [0.15, 0.2) is 48.4 Å². The topological polar surface area (TPSA) is 60.0 Å². The Morgan fingerprint density at radius 1 is 1.09 bits per heavy atom. The van der Waals surface area contributed by atoms with Gasteiger partial charge in [-0.2, -0.15) is 0 Å². The van der Waals surface area contributed by atoms with Gasteiger partial charge in [0.25, 0.3) is 5.91 Å². The van der Waals surface area contributed by atoms with Crippen LogP contribution in [0.4, 0.5) is 0 Å². The van der Waals surface area contributed by atoms with E-state index in [0.29, 0.717) is 23.8 Å². The molecule has 2 aromatic carbocycles. The number of rotatable bonds is 4. The van der Waals surface area contributed by atoms with Gasteiger partial charge in [0.2, 0.25) is 5.79 Å². The lowest BCUT2D eigenvalue weighted by Gasteiger charge is -2.47. The summed E-state index contributed by atoms with van der Waals surface area (Å²) in [7, 11) is 0. The first kappa shape index (κ1) is 22.9. The molecule has 184 valence electrons. The van der Waals surface area contributed by atoms with Gasteiger partial charge in [0.15, 0.2) is 0 Å². The summed E-state index contributed by atoms with van der Waals surface area (Å²) in [6.45, 7) is 3.33. The maximum atomic E-state index is 12.6. The smallest absolute Gasteiger partial charge is 0.256 e. The van der Waals surface area contributed by atoms with E-state index >= 15 is 0 Å². The monoisotopic (exact) mass is 494 g/mol. The number of halogens is 1. The van der Waals surface area contributed by atoms with Gasteiger partial charge in [0.05, 0.1) is 23.8 Å². The number of amides is 1. The highest BCUT2D eigenvalue weighted by Gasteiger charge is 2.42. The number of benzene rings is 2. The molecule has 0 radical (unpaired) electrons. The minimum absolute atomic E-state index is 0.245. The van der Waals surface area contributed by atoms with Crippen molar-refractivity contribution in [3.8, 4) is 16.9 Å². The number of likely N-dealkylation sites (tertiary alicyclic amines) is 1. The van der Waals surface area contributed by atoms with Crippen molar-refractivity contribution in [2.24, 2.45) is 0 Å². The number of piperidine rings is 1. The molecule has 3 fully saturated rings. The second-order valence-corrected chi connectivity index (χ2v) is 10.4. The number of nitrogens with zero attached hydrogens (tertiary/aromatic N) is 1. The van der Waals surface area contributed by atoms with Crippen LogP contribution in [0.25, 0.3) is 11.1 Å². The lowest BCUT2D eigenvalue weighted by atomic mass is 9.89. The van der Waals surface area contributed by atoms with E-state index < -0.39 is 5.79 Å². The zero-order valence-electron chi connectivity index (χ0n) is 19.9. The highest BCUT2D eigenvalue weighted by Crippen LogP contribution is 2.40. The van der Waals surface area contributed by atoms with Crippen molar-refractivity contribution in [1.29, 1.82) is 0 Å². The molecule has 3 aliphatic heterocycles. The highest BCUT2D eigenvalue weighted by atomic mass is 35.5. The van der Waals surface area contributed by atoms with Crippen LogP contribution in [0.2, 0.25) is 5.02 Å². The van der Waals surface area contributed by atoms with E-state index in [9.17, 15) is 4.79 Å². The van der Waals surface area contributed by atoms with Gasteiger partial charge in [-0.3, -0.25) is 9.69 Å². The van der Waals surface area contributed by atoms with Crippen molar-refractivity contribution >= 4 is 17.5 Å². The third-order valence-electron chi connectivity index (χ3n) is 7.76. The number of carbonyl (C=O) groups excluding carboxylic acids is 1. The molecule has 0 atom stereocenters. The molecular weight excluding hydrogens is 464 g/mol. The maximum absolute atomic E-state index is 12.6.